The first kappa shape index (κ1) is 25.7. The number of carbonyl (C=O) groups is 1. The smallest absolute Gasteiger partial charge is 0.321 e. The van der Waals surface area contributed by atoms with Crippen molar-refractivity contribution < 1.29 is 13.8 Å². The van der Waals surface area contributed by atoms with Gasteiger partial charge in [-0.1, -0.05) is 37.2 Å². The van der Waals surface area contributed by atoms with E-state index in [4.69, 9.17) is 14.0 Å². The molecule has 0 atom stereocenters. The summed E-state index contributed by atoms with van der Waals surface area (Å²) in [6.45, 7) is 7.69. The van der Waals surface area contributed by atoms with E-state index >= 15 is 0 Å². The van der Waals surface area contributed by atoms with Gasteiger partial charge in [-0.2, -0.15) is 9.97 Å². The van der Waals surface area contributed by atoms with Gasteiger partial charge in [0.2, 0.25) is 5.89 Å². The SMILES string of the molecule is CC(C)(C)CNC(=O)N(CC12CCC(c3nc(C4CC4)no3)(CC1)CC2)c1cccc(-c2nc(C3CC3)no2)c1. The fourth-order valence-corrected chi connectivity index (χ4v) is 6.50. The topological polar surface area (TPSA) is 110 Å². The van der Waals surface area contributed by atoms with Crippen molar-refractivity contribution in [2.24, 2.45) is 10.8 Å². The molecule has 40 heavy (non-hydrogen) atoms. The third-order valence-electron chi connectivity index (χ3n) is 9.54. The van der Waals surface area contributed by atoms with Crippen molar-refractivity contribution in [1.82, 2.24) is 25.6 Å². The van der Waals surface area contributed by atoms with Crippen LogP contribution in [0.3, 0.4) is 0 Å². The molecule has 0 saturated heterocycles. The quantitative estimate of drug-likeness (QED) is 0.335. The van der Waals surface area contributed by atoms with Crippen molar-refractivity contribution in [3.63, 3.8) is 0 Å². The second-order valence-corrected chi connectivity index (χ2v) is 14.1. The summed E-state index contributed by atoms with van der Waals surface area (Å²) in [7, 11) is 0. The first-order valence-electron chi connectivity index (χ1n) is 15.0. The fourth-order valence-electron chi connectivity index (χ4n) is 6.50. The largest absolute Gasteiger partial charge is 0.339 e. The third kappa shape index (κ3) is 5.03. The lowest BCUT2D eigenvalue weighted by molar-refractivity contribution is 0.0288. The lowest BCUT2D eigenvalue weighted by Crippen LogP contribution is -2.53. The summed E-state index contributed by atoms with van der Waals surface area (Å²) in [6, 6.07) is 7.94. The molecule has 0 unspecified atom stereocenters. The van der Waals surface area contributed by atoms with Crippen LogP contribution in [-0.4, -0.2) is 39.4 Å². The molecule has 212 valence electrons. The van der Waals surface area contributed by atoms with Gasteiger partial charge in [0, 0.05) is 41.6 Å². The molecule has 0 spiro atoms. The molecule has 8 rings (SSSR count). The first-order chi connectivity index (χ1) is 19.2. The van der Waals surface area contributed by atoms with Crippen molar-refractivity contribution in [3.8, 4) is 11.5 Å². The van der Waals surface area contributed by atoms with Gasteiger partial charge in [-0.25, -0.2) is 4.79 Å². The molecule has 5 fully saturated rings. The van der Waals surface area contributed by atoms with E-state index in [2.05, 4.69) is 41.4 Å². The number of amides is 2. The summed E-state index contributed by atoms with van der Waals surface area (Å²) in [5.74, 6) is 3.99. The number of hydrogen-bond donors (Lipinski definition) is 1. The Morgan fingerprint density at radius 3 is 2.25 bits per heavy atom. The summed E-state index contributed by atoms with van der Waals surface area (Å²) in [4.78, 5) is 25.2. The number of nitrogens with zero attached hydrogens (tertiary/aromatic N) is 5. The normalized spacial score (nSPS) is 26.2. The third-order valence-corrected chi connectivity index (χ3v) is 9.54. The Labute approximate surface area is 235 Å². The van der Waals surface area contributed by atoms with Crippen LogP contribution in [0.5, 0.6) is 0 Å². The van der Waals surface area contributed by atoms with E-state index in [1.54, 1.807) is 0 Å². The van der Waals surface area contributed by atoms with Crippen molar-refractivity contribution in [1.29, 1.82) is 0 Å². The molecular weight excluding hydrogens is 504 g/mol. The number of rotatable bonds is 8. The number of hydrogen-bond acceptors (Lipinski definition) is 7. The average molecular weight is 545 g/mol. The van der Waals surface area contributed by atoms with Crippen molar-refractivity contribution in [3.05, 3.63) is 41.8 Å². The zero-order valence-corrected chi connectivity index (χ0v) is 23.9. The Hall–Kier alpha value is -3.23. The Kier molecular flexibility index (Phi) is 6.05. The monoisotopic (exact) mass is 544 g/mol. The molecule has 2 aromatic heterocycles. The molecule has 9 nitrogen and oxygen atoms in total. The van der Waals surface area contributed by atoms with Crippen LogP contribution in [0.4, 0.5) is 10.5 Å². The maximum Gasteiger partial charge on any atom is 0.321 e. The number of urea groups is 1. The number of carbonyl (C=O) groups excluding carboxylic acids is 1. The predicted molar refractivity (Wildman–Crippen MR) is 150 cm³/mol. The van der Waals surface area contributed by atoms with Crippen LogP contribution in [0.2, 0.25) is 0 Å². The van der Waals surface area contributed by atoms with Gasteiger partial charge in [0.25, 0.3) is 5.89 Å². The summed E-state index contributed by atoms with van der Waals surface area (Å²) >= 11 is 0. The minimum absolute atomic E-state index is 0.00164. The van der Waals surface area contributed by atoms with Gasteiger partial charge in [0.05, 0.1) is 0 Å². The summed E-state index contributed by atoms with van der Waals surface area (Å²) in [5, 5.41) is 11.7. The molecule has 2 amide bonds. The Bertz CT molecular complexity index is 1370. The molecule has 2 bridgehead atoms. The molecule has 1 aromatic carbocycles. The van der Waals surface area contributed by atoms with Crippen LogP contribution in [0, 0.1) is 10.8 Å². The zero-order chi connectivity index (χ0) is 27.5. The average Bonchev–Trinajstić information content (AvgIpc) is 3.89. The van der Waals surface area contributed by atoms with Gasteiger partial charge >= 0.3 is 6.03 Å². The van der Waals surface area contributed by atoms with Gasteiger partial charge in [0.15, 0.2) is 11.6 Å². The molecule has 0 radical (unpaired) electrons. The number of benzene rings is 1. The van der Waals surface area contributed by atoms with Crippen LogP contribution in [-0.2, 0) is 5.41 Å². The number of anilines is 1. The number of aromatic nitrogens is 4. The van der Waals surface area contributed by atoms with Crippen molar-refractivity contribution in [2.45, 2.75) is 102 Å². The highest BCUT2D eigenvalue weighted by Crippen LogP contribution is 2.58. The molecule has 3 aromatic rings. The van der Waals surface area contributed by atoms with E-state index in [0.717, 1.165) is 80.2 Å². The highest BCUT2D eigenvalue weighted by Gasteiger charge is 2.53. The van der Waals surface area contributed by atoms with E-state index in [0.29, 0.717) is 30.8 Å². The van der Waals surface area contributed by atoms with Gasteiger partial charge in [-0.3, -0.25) is 4.90 Å². The van der Waals surface area contributed by atoms with E-state index < -0.39 is 0 Å². The maximum absolute atomic E-state index is 13.8. The van der Waals surface area contributed by atoms with Crippen molar-refractivity contribution in [2.75, 3.05) is 18.0 Å². The second-order valence-electron chi connectivity index (χ2n) is 14.1. The minimum atomic E-state index is -0.0564. The van der Waals surface area contributed by atoms with Crippen LogP contribution in [0.25, 0.3) is 11.5 Å². The van der Waals surface area contributed by atoms with E-state index in [1.807, 2.05) is 29.2 Å². The minimum Gasteiger partial charge on any atom is -0.339 e. The van der Waals surface area contributed by atoms with Crippen LogP contribution in [0.15, 0.2) is 33.3 Å². The van der Waals surface area contributed by atoms with Gasteiger partial charge < -0.3 is 14.4 Å². The van der Waals surface area contributed by atoms with Gasteiger partial charge in [-0.15, -0.1) is 0 Å². The molecular formula is C31H40N6O3. The van der Waals surface area contributed by atoms with E-state index in [-0.39, 0.29) is 22.3 Å². The van der Waals surface area contributed by atoms with Crippen LogP contribution < -0.4 is 10.2 Å². The predicted octanol–water partition coefficient (Wildman–Crippen LogP) is 6.73. The molecule has 5 aliphatic carbocycles. The first-order valence-corrected chi connectivity index (χ1v) is 15.0. The Balaban J connectivity index is 1.12. The zero-order valence-electron chi connectivity index (χ0n) is 23.9. The molecule has 0 aliphatic heterocycles. The summed E-state index contributed by atoms with van der Waals surface area (Å²) in [6.07, 6.45) is 10.8. The van der Waals surface area contributed by atoms with E-state index in [9.17, 15) is 4.79 Å². The molecule has 5 saturated carbocycles. The highest BCUT2D eigenvalue weighted by molar-refractivity contribution is 5.92. The molecule has 9 heteroatoms. The standard InChI is InChI=1S/C31H40N6O3/c1-29(2,3)18-32-28(38)37(23-6-4-5-22(17-23)26-33-24(35-39-26)20-7-8-20)19-30-11-14-31(15-12-30,16-13-30)27-34-25(36-40-27)21-9-10-21/h4-6,17,20-21H,7-16,18-19H2,1-3H3,(H,32,38). The number of nitrogens with one attached hydrogen (secondary N) is 1. The van der Waals surface area contributed by atoms with Crippen LogP contribution >= 0.6 is 0 Å². The molecule has 1 N–H and O–H groups in total. The maximum atomic E-state index is 13.8. The number of fused-ring (bicyclic) bond motifs is 3. The second kappa shape index (κ2) is 9.42. The summed E-state index contributed by atoms with van der Waals surface area (Å²) < 4.78 is 11.4. The van der Waals surface area contributed by atoms with Gasteiger partial charge in [0.1, 0.15) is 0 Å². The lowest BCUT2D eigenvalue weighted by atomic mass is 9.53. The Morgan fingerprint density at radius 2 is 1.60 bits per heavy atom. The molecule has 2 heterocycles. The fraction of sp³-hybridized carbons (Fsp3) is 0.645. The lowest BCUT2D eigenvalue weighted by Gasteiger charge is -2.53. The van der Waals surface area contributed by atoms with E-state index in [1.165, 1.54) is 12.8 Å². The van der Waals surface area contributed by atoms with Crippen molar-refractivity contribution >= 4 is 11.7 Å². The summed E-state index contributed by atoms with van der Waals surface area (Å²) in [5.41, 5.74) is 1.76. The Morgan fingerprint density at radius 1 is 0.950 bits per heavy atom. The van der Waals surface area contributed by atoms with Crippen LogP contribution in [0.1, 0.15) is 114 Å². The molecule has 5 aliphatic rings. The van der Waals surface area contributed by atoms with Gasteiger partial charge in [-0.05, 0) is 93.2 Å². The highest BCUT2D eigenvalue weighted by atomic mass is 16.5.